The molecule has 5 heterocycles. The van der Waals surface area contributed by atoms with Crippen LogP contribution in [-0.2, 0) is 0 Å². The Balaban J connectivity index is 0.000000140. The second-order valence-corrected chi connectivity index (χ2v) is 37.9. The van der Waals surface area contributed by atoms with E-state index in [0.29, 0.717) is 0 Å². The molecule has 0 unspecified atom stereocenters. The van der Waals surface area contributed by atoms with Gasteiger partial charge >= 0.3 is 0 Å². The van der Waals surface area contributed by atoms with Gasteiger partial charge in [-0.2, -0.15) is 0 Å². The third kappa shape index (κ3) is 13.5. The average molecular weight is 1830 g/mol. The molecule has 9 heteroatoms. The Hall–Kier alpha value is -18.7. The number of ether oxygens (including phenoxy) is 2. The van der Waals surface area contributed by atoms with Crippen LogP contribution in [0.1, 0.15) is 22.3 Å². The summed E-state index contributed by atoms with van der Waals surface area (Å²) in [4.78, 5) is 9.47. The van der Waals surface area contributed by atoms with Crippen LogP contribution < -0.4 is 29.1 Å². The Kier molecular flexibility index (Phi) is 19.1. The topological polar surface area (TPSA) is 70.8 Å². The van der Waals surface area contributed by atoms with Crippen LogP contribution in [0.2, 0.25) is 0 Å². The number of para-hydroxylation sites is 10. The van der Waals surface area contributed by atoms with Crippen molar-refractivity contribution in [2.45, 2.75) is 27.7 Å². The van der Waals surface area contributed by atoms with Crippen molar-refractivity contribution in [3.63, 3.8) is 0 Å². The molecule has 0 spiro atoms. The maximum absolute atomic E-state index is 7.22. The molecule has 0 saturated carbocycles. The van der Waals surface area contributed by atoms with E-state index >= 15 is 0 Å². The lowest BCUT2D eigenvalue weighted by molar-refractivity contribution is 0.486. The molecule has 0 saturated heterocycles. The number of benzene rings is 24. The standard InChI is InChI=1S/C68H44N2O3.C66H44N2O2/c1-41-31-33-47-53(35-41)54-39-57-50-34-32-45(70(58-26-12-9-21-46(58)43-17-5-3-6-18-43)60-28-16-25-52-49-23-11-14-30-63(49)73-68(52)60)38-64(50)71-65-37-42(2)36-56(66(57)65)55(54)40-61(47)69(44-19-7-4-8-20-44)59-27-15-24-51-48-22-10-13-29-62(48)72-67(51)59;1-41-28-32-50-54(34-41)55-39-58-52-33-31-48(68(59-25-13-11-22-49(59)44-17-5-3-6-18-44)60-26-15-24-53-51-23-12-14-27-62(51)70-66(53)60)38-63(52)69-64-36-42(2)35-57(65(58)64)56(55)40-61(50)67(46-20-7-4-8-21-46)47-30-29-43-16-9-10-19-45(43)37-47/h3-40H,1-2H3;3-40H,1-2H3. The first-order valence-electron chi connectivity index (χ1n) is 48.9. The average Bonchev–Trinajstić information content (AvgIpc) is 1.47. The maximum Gasteiger partial charge on any atom is 0.159 e. The van der Waals surface area contributed by atoms with Gasteiger partial charge in [0.25, 0.3) is 0 Å². The van der Waals surface area contributed by atoms with Crippen LogP contribution in [0.25, 0.3) is 186 Å². The van der Waals surface area contributed by atoms with E-state index in [1.807, 2.05) is 30.3 Å². The predicted molar refractivity (Wildman–Crippen MR) is 597 cm³/mol. The van der Waals surface area contributed by atoms with E-state index < -0.39 is 0 Å². The summed E-state index contributed by atoms with van der Waals surface area (Å²) in [5, 5.41) is 22.9. The maximum atomic E-state index is 7.22. The molecule has 0 aliphatic carbocycles. The summed E-state index contributed by atoms with van der Waals surface area (Å²) in [5.74, 6) is 3.29. The van der Waals surface area contributed by atoms with Gasteiger partial charge in [0.1, 0.15) is 39.7 Å². The van der Waals surface area contributed by atoms with Gasteiger partial charge in [0.2, 0.25) is 0 Å². The van der Waals surface area contributed by atoms with E-state index in [1.165, 1.54) is 59.6 Å². The van der Waals surface area contributed by atoms with Gasteiger partial charge in [0.05, 0.1) is 51.2 Å². The molecule has 29 rings (SSSR count). The number of nitrogens with zero attached hydrogens (tertiary/aromatic N) is 4. The van der Waals surface area contributed by atoms with Crippen LogP contribution >= 0.6 is 0 Å². The highest BCUT2D eigenvalue weighted by atomic mass is 16.5. The van der Waals surface area contributed by atoms with Gasteiger partial charge in [-0.05, 0) is 261 Å². The second-order valence-electron chi connectivity index (χ2n) is 37.9. The number of hydrogen-bond acceptors (Lipinski definition) is 9. The van der Waals surface area contributed by atoms with E-state index in [-0.39, 0.29) is 0 Å². The van der Waals surface area contributed by atoms with E-state index in [2.05, 4.69) is 478 Å². The molecule has 0 atom stereocenters. The molecule has 0 fully saturated rings. The van der Waals surface area contributed by atoms with E-state index in [0.717, 1.165) is 240 Å². The zero-order valence-corrected chi connectivity index (χ0v) is 78.7. The minimum atomic E-state index is 0.793. The molecular weight excluding hydrogens is 1750 g/mol. The Labute approximate surface area is 824 Å². The monoisotopic (exact) mass is 1830 g/mol. The number of rotatable bonds is 14. The summed E-state index contributed by atoms with van der Waals surface area (Å²) >= 11 is 0. The third-order valence-corrected chi connectivity index (χ3v) is 29.1. The first-order chi connectivity index (χ1) is 70.5. The van der Waals surface area contributed by atoms with Crippen LogP contribution in [0.5, 0.6) is 23.0 Å². The number of furan rings is 3. The smallest absolute Gasteiger partial charge is 0.159 e. The normalized spacial score (nSPS) is 12.0. The molecule has 9 nitrogen and oxygen atoms in total. The van der Waals surface area contributed by atoms with Gasteiger partial charge in [0.15, 0.2) is 16.7 Å². The van der Waals surface area contributed by atoms with Gasteiger partial charge in [-0.15, -0.1) is 0 Å². The number of hydrogen-bond donors (Lipinski definition) is 0. The first kappa shape index (κ1) is 82.6. The summed E-state index contributed by atoms with van der Waals surface area (Å²) in [5.41, 5.74) is 30.9. The SMILES string of the molecule is Cc1ccc2c(N(c3ccccc3)c3ccc4ccccc4c3)cc3c4cc(C)cc5c4c(cc3c2c1)-c1ccc(N(c2ccccc2-c2ccccc2)c2cccc3c2oc2ccccc23)cc1O5.Cc1ccc2c(N(c3ccccc3)c3cccc4c3oc3ccccc34)cc3c4cc(C)cc5c4c(cc3c2c1)-c1ccc(N(c2ccccc2-c2ccccc2)c2cccc3c2oc2ccccc23)cc1O5. The Morgan fingerprint density at radius 3 is 0.951 bits per heavy atom. The molecule has 2 aliphatic heterocycles. The van der Waals surface area contributed by atoms with E-state index in [9.17, 15) is 0 Å². The van der Waals surface area contributed by atoms with Crippen molar-refractivity contribution in [1.29, 1.82) is 0 Å². The van der Waals surface area contributed by atoms with Crippen LogP contribution in [-0.4, -0.2) is 0 Å². The van der Waals surface area contributed by atoms with Crippen molar-refractivity contribution in [3.8, 4) is 67.5 Å². The predicted octanol–water partition coefficient (Wildman–Crippen LogP) is 39.1. The van der Waals surface area contributed by atoms with Gasteiger partial charge < -0.3 is 42.3 Å². The summed E-state index contributed by atoms with van der Waals surface area (Å²) < 4.78 is 34.7. The molecule has 143 heavy (non-hydrogen) atoms. The first-order valence-corrected chi connectivity index (χ1v) is 48.9. The lowest BCUT2D eigenvalue weighted by Gasteiger charge is -2.30. The van der Waals surface area contributed by atoms with Crippen molar-refractivity contribution in [1.82, 2.24) is 0 Å². The lowest BCUT2D eigenvalue weighted by Crippen LogP contribution is -2.12. The summed E-state index contributed by atoms with van der Waals surface area (Å²) in [6, 6.07) is 165. The molecule has 0 radical (unpaired) electrons. The molecule has 674 valence electrons. The Bertz CT molecular complexity index is 9960. The molecular formula is C134H88N4O5. The van der Waals surface area contributed by atoms with Crippen LogP contribution in [0, 0.1) is 27.7 Å². The highest BCUT2D eigenvalue weighted by Gasteiger charge is 2.34. The quantitative estimate of drug-likeness (QED) is 0.0990. The van der Waals surface area contributed by atoms with Crippen molar-refractivity contribution >= 4 is 209 Å². The molecule has 27 aromatic rings. The number of aryl methyl sites for hydroxylation is 4. The molecule has 2 aliphatic rings. The van der Waals surface area contributed by atoms with Crippen LogP contribution in [0.4, 0.5) is 68.2 Å². The minimum absolute atomic E-state index is 0.793. The number of fused-ring (bicyclic) bond motifs is 22. The second kappa shape index (κ2) is 33.0. The largest absolute Gasteiger partial charge is 0.456 e. The van der Waals surface area contributed by atoms with E-state index in [1.54, 1.807) is 0 Å². The van der Waals surface area contributed by atoms with Crippen LogP contribution in [0.3, 0.4) is 0 Å². The van der Waals surface area contributed by atoms with Crippen molar-refractivity contribution in [3.05, 3.63) is 483 Å². The third-order valence-electron chi connectivity index (χ3n) is 29.1. The minimum Gasteiger partial charge on any atom is -0.456 e. The van der Waals surface area contributed by atoms with Gasteiger partial charge in [0, 0.05) is 105 Å². The van der Waals surface area contributed by atoms with E-state index in [4.69, 9.17) is 22.7 Å². The summed E-state index contributed by atoms with van der Waals surface area (Å²) in [6.07, 6.45) is 0. The Morgan fingerprint density at radius 2 is 0.497 bits per heavy atom. The number of anilines is 12. The summed E-state index contributed by atoms with van der Waals surface area (Å²) in [6.45, 7) is 8.73. The fraction of sp³-hybridized carbons (Fsp3) is 0.0299. The molecule has 0 amide bonds. The highest BCUT2D eigenvalue weighted by Crippen LogP contribution is 2.59. The van der Waals surface area contributed by atoms with Crippen molar-refractivity contribution in [2.24, 2.45) is 0 Å². The van der Waals surface area contributed by atoms with Crippen molar-refractivity contribution < 1.29 is 22.7 Å². The summed E-state index contributed by atoms with van der Waals surface area (Å²) in [7, 11) is 0. The molecule has 0 N–H and O–H groups in total. The zero-order chi connectivity index (χ0) is 94.8. The van der Waals surface area contributed by atoms with Gasteiger partial charge in [-0.1, -0.05) is 314 Å². The van der Waals surface area contributed by atoms with Crippen molar-refractivity contribution in [2.75, 3.05) is 19.6 Å². The highest BCUT2D eigenvalue weighted by molar-refractivity contribution is 6.29. The van der Waals surface area contributed by atoms with Crippen LogP contribution in [0.15, 0.2) is 474 Å². The Morgan fingerprint density at radius 1 is 0.161 bits per heavy atom. The molecule has 3 aromatic heterocycles. The van der Waals surface area contributed by atoms with Gasteiger partial charge in [-0.3, -0.25) is 0 Å². The fourth-order valence-electron chi connectivity index (χ4n) is 22.8. The zero-order valence-electron chi connectivity index (χ0n) is 78.7. The van der Waals surface area contributed by atoms with Gasteiger partial charge in [-0.25, -0.2) is 0 Å². The lowest BCUT2D eigenvalue weighted by atomic mass is 9.87. The molecule has 24 aromatic carbocycles. The molecule has 0 bridgehead atoms. The fourth-order valence-corrected chi connectivity index (χ4v) is 22.8.